The lowest BCUT2D eigenvalue weighted by Gasteiger charge is -2.30. The van der Waals surface area contributed by atoms with Crippen molar-refractivity contribution in [2.75, 3.05) is 11.9 Å². The van der Waals surface area contributed by atoms with Gasteiger partial charge in [0.2, 0.25) is 5.91 Å². The monoisotopic (exact) mass is 418 g/mol. The van der Waals surface area contributed by atoms with Crippen molar-refractivity contribution in [1.82, 2.24) is 0 Å². The van der Waals surface area contributed by atoms with Crippen LogP contribution in [0.1, 0.15) is 72.7 Å². The number of hydrogen-bond donors (Lipinski definition) is 1. The number of rotatable bonds is 7. The molecule has 0 radical (unpaired) electrons. The highest BCUT2D eigenvalue weighted by atomic mass is 32.1. The summed E-state index contributed by atoms with van der Waals surface area (Å²) in [7, 11) is 0. The van der Waals surface area contributed by atoms with Crippen LogP contribution in [-0.4, -0.2) is 24.5 Å². The molecule has 0 unspecified atom stereocenters. The predicted molar refractivity (Wildman–Crippen MR) is 108 cm³/mol. The number of carboxylic acids is 1. The van der Waals surface area contributed by atoms with Crippen LogP contribution in [0.5, 0.6) is 0 Å². The molecule has 3 aliphatic rings. The zero-order valence-electron chi connectivity index (χ0n) is 16.8. The SMILES string of the molecule is CCCCOC(=O)c1c(NC(=O)[C@@H]2[C@@H]3CC[C@H](C3)[C@@H]2C(=O)[O-])sc2c1CCCC2. The molecule has 0 aromatic carbocycles. The van der Waals surface area contributed by atoms with Crippen LogP contribution in [0.15, 0.2) is 0 Å². The lowest BCUT2D eigenvalue weighted by molar-refractivity contribution is -0.314. The largest absolute Gasteiger partial charge is 0.550 e. The molecule has 1 aromatic rings. The van der Waals surface area contributed by atoms with Crippen LogP contribution in [0.4, 0.5) is 5.00 Å². The molecule has 2 fully saturated rings. The normalized spacial score (nSPS) is 27.5. The van der Waals surface area contributed by atoms with E-state index in [-0.39, 0.29) is 23.7 Å². The topological polar surface area (TPSA) is 95.5 Å². The number of amides is 1. The van der Waals surface area contributed by atoms with Gasteiger partial charge >= 0.3 is 5.97 Å². The standard InChI is InChI=1S/C22H29NO5S/c1-2-3-10-28-22(27)18-14-6-4-5-7-15(14)29-20(18)23-19(24)16-12-8-9-13(11-12)17(16)21(25)26/h12-13,16-17H,2-11H2,1H3,(H,23,24)(H,25,26)/p-1/t12-,13-,16-,17+/m1/s1. The van der Waals surface area contributed by atoms with Gasteiger partial charge in [-0.05, 0) is 68.8 Å². The Morgan fingerprint density at radius 1 is 1.14 bits per heavy atom. The molecule has 158 valence electrons. The van der Waals surface area contributed by atoms with Crippen LogP contribution in [0.25, 0.3) is 0 Å². The smallest absolute Gasteiger partial charge is 0.341 e. The van der Waals surface area contributed by atoms with Crippen molar-refractivity contribution in [2.45, 2.75) is 64.7 Å². The van der Waals surface area contributed by atoms with E-state index in [0.29, 0.717) is 17.2 Å². The summed E-state index contributed by atoms with van der Waals surface area (Å²) in [6.45, 7) is 2.40. The fourth-order valence-electron chi connectivity index (χ4n) is 5.45. The average Bonchev–Trinajstić information content (AvgIpc) is 3.40. The summed E-state index contributed by atoms with van der Waals surface area (Å²) in [4.78, 5) is 38.7. The van der Waals surface area contributed by atoms with E-state index >= 15 is 0 Å². The molecular formula is C22H28NO5S-. The van der Waals surface area contributed by atoms with Crippen LogP contribution >= 0.6 is 11.3 Å². The third kappa shape index (κ3) is 3.81. The van der Waals surface area contributed by atoms with Gasteiger partial charge in [0.05, 0.1) is 12.2 Å². The Hall–Kier alpha value is -1.89. The maximum Gasteiger partial charge on any atom is 0.341 e. The van der Waals surface area contributed by atoms with Gasteiger partial charge in [-0.3, -0.25) is 4.79 Å². The Bertz CT molecular complexity index is 816. The second kappa shape index (κ2) is 8.46. The van der Waals surface area contributed by atoms with Crippen molar-refractivity contribution >= 4 is 34.2 Å². The summed E-state index contributed by atoms with van der Waals surface area (Å²) in [5, 5.41) is 15.1. The van der Waals surface area contributed by atoms with E-state index in [1.165, 1.54) is 11.3 Å². The Kier molecular flexibility index (Phi) is 5.95. The van der Waals surface area contributed by atoms with Gasteiger partial charge in [-0.1, -0.05) is 13.3 Å². The molecule has 29 heavy (non-hydrogen) atoms. The molecular weight excluding hydrogens is 390 g/mol. The molecule has 0 saturated heterocycles. The molecule has 4 atom stereocenters. The van der Waals surface area contributed by atoms with Crippen LogP contribution < -0.4 is 10.4 Å². The van der Waals surface area contributed by atoms with Crippen molar-refractivity contribution in [3.8, 4) is 0 Å². The number of aryl methyl sites for hydroxylation is 1. The second-order valence-electron chi connectivity index (χ2n) is 8.60. The van der Waals surface area contributed by atoms with Crippen LogP contribution in [0.2, 0.25) is 0 Å². The summed E-state index contributed by atoms with van der Waals surface area (Å²) in [6.07, 6.45) is 8.08. The number of carbonyl (C=O) groups is 3. The van der Waals surface area contributed by atoms with Gasteiger partial charge in [-0.25, -0.2) is 4.79 Å². The van der Waals surface area contributed by atoms with Crippen molar-refractivity contribution in [3.05, 3.63) is 16.0 Å². The van der Waals surface area contributed by atoms with Crippen LogP contribution in [0, 0.1) is 23.7 Å². The summed E-state index contributed by atoms with van der Waals surface area (Å²) < 4.78 is 5.46. The minimum atomic E-state index is -1.12. The first kappa shape index (κ1) is 20.4. The van der Waals surface area contributed by atoms with E-state index in [1.807, 2.05) is 6.92 Å². The molecule has 1 heterocycles. The Morgan fingerprint density at radius 2 is 1.86 bits per heavy atom. The van der Waals surface area contributed by atoms with E-state index in [4.69, 9.17) is 4.74 Å². The zero-order valence-corrected chi connectivity index (χ0v) is 17.6. The number of unbranched alkanes of at least 4 members (excludes halogenated alkanes) is 1. The molecule has 1 amide bonds. The Balaban J connectivity index is 1.58. The number of thiophene rings is 1. The van der Waals surface area contributed by atoms with Crippen LogP contribution in [0.3, 0.4) is 0 Å². The highest BCUT2D eigenvalue weighted by Gasteiger charge is 2.51. The molecule has 1 aromatic heterocycles. The first-order valence-electron chi connectivity index (χ1n) is 10.8. The number of hydrogen-bond acceptors (Lipinski definition) is 6. The number of ether oxygens (including phenoxy) is 1. The number of esters is 1. The van der Waals surface area contributed by atoms with E-state index in [0.717, 1.165) is 68.2 Å². The molecule has 2 bridgehead atoms. The first-order valence-corrected chi connectivity index (χ1v) is 11.7. The van der Waals surface area contributed by atoms with Gasteiger partial charge < -0.3 is 20.0 Å². The highest BCUT2D eigenvalue weighted by molar-refractivity contribution is 7.17. The van der Waals surface area contributed by atoms with Crippen molar-refractivity contribution in [2.24, 2.45) is 23.7 Å². The van der Waals surface area contributed by atoms with E-state index in [1.54, 1.807) is 0 Å². The highest BCUT2D eigenvalue weighted by Crippen LogP contribution is 2.52. The first-order chi connectivity index (χ1) is 14.0. The van der Waals surface area contributed by atoms with E-state index in [2.05, 4.69) is 5.32 Å². The lowest BCUT2D eigenvalue weighted by atomic mass is 9.78. The molecule has 1 N–H and O–H groups in total. The zero-order chi connectivity index (χ0) is 20.5. The fraction of sp³-hybridized carbons (Fsp3) is 0.682. The second-order valence-corrected chi connectivity index (χ2v) is 9.70. The average molecular weight is 419 g/mol. The summed E-state index contributed by atoms with van der Waals surface area (Å²) >= 11 is 1.45. The maximum atomic E-state index is 13.1. The molecule has 0 aliphatic heterocycles. The van der Waals surface area contributed by atoms with Crippen LogP contribution in [-0.2, 0) is 27.2 Å². The molecule has 3 aliphatic carbocycles. The third-order valence-electron chi connectivity index (χ3n) is 6.83. The molecule has 2 saturated carbocycles. The number of anilines is 1. The van der Waals surface area contributed by atoms with Gasteiger partial charge in [0.15, 0.2) is 0 Å². The Morgan fingerprint density at radius 3 is 2.59 bits per heavy atom. The summed E-state index contributed by atoms with van der Waals surface area (Å²) in [5.41, 5.74) is 1.49. The summed E-state index contributed by atoms with van der Waals surface area (Å²) in [5.74, 6) is -2.94. The number of aliphatic carboxylic acids is 1. The minimum Gasteiger partial charge on any atom is -0.550 e. The number of fused-ring (bicyclic) bond motifs is 3. The number of carbonyl (C=O) groups excluding carboxylic acids is 3. The number of carboxylic acid groups (broad SMARTS) is 1. The molecule has 4 rings (SSSR count). The molecule has 7 heteroatoms. The maximum absolute atomic E-state index is 13.1. The quantitative estimate of drug-likeness (QED) is 0.543. The number of nitrogens with one attached hydrogen (secondary N) is 1. The van der Waals surface area contributed by atoms with Gasteiger partial charge in [0.1, 0.15) is 5.00 Å². The van der Waals surface area contributed by atoms with E-state index < -0.39 is 17.8 Å². The van der Waals surface area contributed by atoms with Crippen molar-refractivity contribution < 1.29 is 24.2 Å². The van der Waals surface area contributed by atoms with Crippen molar-refractivity contribution in [3.63, 3.8) is 0 Å². The van der Waals surface area contributed by atoms with E-state index in [9.17, 15) is 19.5 Å². The summed E-state index contributed by atoms with van der Waals surface area (Å²) in [6, 6.07) is 0. The lowest BCUT2D eigenvalue weighted by Crippen LogP contribution is -2.44. The van der Waals surface area contributed by atoms with Gasteiger partial charge in [0.25, 0.3) is 0 Å². The predicted octanol–water partition coefficient (Wildman–Crippen LogP) is 2.93. The van der Waals surface area contributed by atoms with Gasteiger partial charge in [-0.2, -0.15) is 0 Å². The fourth-order valence-corrected chi connectivity index (χ4v) is 6.73. The van der Waals surface area contributed by atoms with Gasteiger partial charge in [-0.15, -0.1) is 11.3 Å². The Labute approximate surface area is 175 Å². The minimum absolute atomic E-state index is 0.0378. The molecule has 6 nitrogen and oxygen atoms in total. The third-order valence-corrected chi connectivity index (χ3v) is 8.04. The van der Waals surface area contributed by atoms with Gasteiger partial charge in [0, 0.05) is 22.7 Å². The van der Waals surface area contributed by atoms with Crippen molar-refractivity contribution in [1.29, 1.82) is 0 Å². The molecule has 0 spiro atoms.